The highest BCUT2D eigenvalue weighted by molar-refractivity contribution is 5.69. The third-order valence-electron chi connectivity index (χ3n) is 4.22. The van der Waals surface area contributed by atoms with Gasteiger partial charge in [0.25, 0.3) is 0 Å². The van der Waals surface area contributed by atoms with Gasteiger partial charge in [-0.05, 0) is 43.0 Å². The first-order valence-electron chi connectivity index (χ1n) is 7.69. The maximum atomic E-state index is 13.2. The minimum absolute atomic E-state index is 0.0315. The van der Waals surface area contributed by atoms with Crippen molar-refractivity contribution >= 4 is 5.82 Å². The van der Waals surface area contributed by atoms with Gasteiger partial charge in [-0.25, -0.2) is 8.78 Å². The molecule has 0 spiro atoms. The van der Waals surface area contributed by atoms with Crippen LogP contribution in [0.25, 0.3) is 11.3 Å². The fourth-order valence-corrected chi connectivity index (χ4v) is 2.98. The fourth-order valence-electron chi connectivity index (χ4n) is 2.98. The Balaban J connectivity index is 1.69. The van der Waals surface area contributed by atoms with Crippen LogP contribution in [0.1, 0.15) is 24.8 Å². The molecule has 0 radical (unpaired) electrons. The van der Waals surface area contributed by atoms with Gasteiger partial charge >= 0.3 is 0 Å². The minimum atomic E-state index is -2.53. The second kappa shape index (κ2) is 6.10. The predicted molar refractivity (Wildman–Crippen MR) is 84.6 cm³/mol. The molecule has 1 aliphatic carbocycles. The maximum absolute atomic E-state index is 13.2. The summed E-state index contributed by atoms with van der Waals surface area (Å²) >= 11 is 0. The van der Waals surface area contributed by atoms with Gasteiger partial charge in [0.2, 0.25) is 5.92 Å². The molecular formula is C17H19F2N3O. The zero-order valence-corrected chi connectivity index (χ0v) is 12.9. The van der Waals surface area contributed by atoms with Crippen LogP contribution >= 0.6 is 0 Å². The van der Waals surface area contributed by atoms with Gasteiger partial charge < -0.3 is 10.4 Å². The molecule has 0 saturated heterocycles. The highest BCUT2D eigenvalue weighted by Gasteiger charge is 2.39. The smallest absolute Gasteiger partial charge is 0.248 e. The van der Waals surface area contributed by atoms with E-state index in [0.29, 0.717) is 30.0 Å². The number of benzene rings is 1. The lowest BCUT2D eigenvalue weighted by Crippen LogP contribution is -2.16. The van der Waals surface area contributed by atoms with Crippen LogP contribution < -0.4 is 5.32 Å². The highest BCUT2D eigenvalue weighted by atomic mass is 19.3. The van der Waals surface area contributed by atoms with Crippen molar-refractivity contribution in [2.45, 2.75) is 32.1 Å². The highest BCUT2D eigenvalue weighted by Crippen LogP contribution is 2.38. The normalized spacial score (nSPS) is 19.7. The Labute approximate surface area is 133 Å². The maximum Gasteiger partial charge on any atom is 0.248 e. The Bertz CT molecular complexity index is 706. The molecule has 0 bridgehead atoms. The zero-order chi connectivity index (χ0) is 16.4. The summed E-state index contributed by atoms with van der Waals surface area (Å²) in [6, 6.07) is 8.77. The largest absolute Gasteiger partial charge is 0.507 e. The summed E-state index contributed by atoms with van der Waals surface area (Å²) in [4.78, 5) is 0. The Hall–Kier alpha value is -2.24. The molecule has 1 atom stereocenters. The molecule has 1 aromatic heterocycles. The van der Waals surface area contributed by atoms with E-state index in [4.69, 9.17) is 0 Å². The number of nitrogens with one attached hydrogen (secondary N) is 1. The Morgan fingerprint density at radius 2 is 2.09 bits per heavy atom. The molecule has 2 aromatic rings. The van der Waals surface area contributed by atoms with E-state index in [1.165, 1.54) is 0 Å². The third-order valence-corrected chi connectivity index (χ3v) is 4.22. The Morgan fingerprint density at radius 1 is 1.30 bits per heavy atom. The molecule has 1 aromatic carbocycles. The molecule has 3 rings (SSSR count). The molecule has 23 heavy (non-hydrogen) atoms. The van der Waals surface area contributed by atoms with E-state index in [1.807, 2.05) is 19.1 Å². The molecule has 122 valence electrons. The van der Waals surface area contributed by atoms with E-state index in [2.05, 4.69) is 15.5 Å². The summed E-state index contributed by atoms with van der Waals surface area (Å²) in [5.74, 6) is -1.84. The van der Waals surface area contributed by atoms with Crippen LogP contribution in [0.3, 0.4) is 0 Å². The van der Waals surface area contributed by atoms with Crippen LogP contribution in [-0.4, -0.2) is 27.8 Å². The van der Waals surface area contributed by atoms with Crippen LogP contribution in [-0.2, 0) is 0 Å². The van der Waals surface area contributed by atoms with Crippen molar-refractivity contribution in [1.82, 2.24) is 10.2 Å². The van der Waals surface area contributed by atoms with Crippen LogP contribution in [0, 0.1) is 12.8 Å². The molecule has 6 heteroatoms. The number of phenols is 1. The number of aromatic nitrogens is 2. The lowest BCUT2D eigenvalue weighted by Gasteiger charge is -2.13. The molecule has 1 fully saturated rings. The number of hydrogen-bond donors (Lipinski definition) is 2. The number of halogens is 2. The number of anilines is 1. The Kier molecular flexibility index (Phi) is 4.15. The van der Waals surface area contributed by atoms with Crippen molar-refractivity contribution in [3.63, 3.8) is 0 Å². The zero-order valence-electron chi connectivity index (χ0n) is 12.9. The third kappa shape index (κ3) is 3.57. The molecule has 4 nitrogen and oxygen atoms in total. The van der Waals surface area contributed by atoms with Crippen molar-refractivity contribution in [2.75, 3.05) is 11.9 Å². The molecular weight excluding hydrogens is 300 g/mol. The van der Waals surface area contributed by atoms with E-state index in [9.17, 15) is 13.9 Å². The first-order chi connectivity index (χ1) is 10.9. The van der Waals surface area contributed by atoms with Crippen molar-refractivity contribution < 1.29 is 13.9 Å². The van der Waals surface area contributed by atoms with Crippen LogP contribution in [0.15, 0.2) is 30.3 Å². The minimum Gasteiger partial charge on any atom is -0.507 e. The molecule has 0 unspecified atom stereocenters. The van der Waals surface area contributed by atoms with E-state index in [1.54, 1.807) is 18.2 Å². The van der Waals surface area contributed by atoms with Gasteiger partial charge in [-0.3, -0.25) is 0 Å². The Morgan fingerprint density at radius 3 is 2.74 bits per heavy atom. The van der Waals surface area contributed by atoms with Gasteiger partial charge in [0.15, 0.2) is 0 Å². The van der Waals surface area contributed by atoms with E-state index in [-0.39, 0.29) is 24.5 Å². The van der Waals surface area contributed by atoms with Crippen LogP contribution in [0.4, 0.5) is 14.6 Å². The second-order valence-electron chi connectivity index (χ2n) is 6.12. The van der Waals surface area contributed by atoms with Crippen molar-refractivity contribution in [3.05, 3.63) is 35.9 Å². The molecule has 0 aliphatic heterocycles. The van der Waals surface area contributed by atoms with Crippen molar-refractivity contribution in [1.29, 1.82) is 0 Å². The summed E-state index contributed by atoms with van der Waals surface area (Å²) in [5, 5.41) is 21.2. The van der Waals surface area contributed by atoms with E-state index < -0.39 is 5.92 Å². The first-order valence-corrected chi connectivity index (χ1v) is 7.69. The van der Waals surface area contributed by atoms with Crippen LogP contribution in [0.2, 0.25) is 0 Å². The number of hydrogen-bond acceptors (Lipinski definition) is 4. The average Bonchev–Trinajstić information content (AvgIpc) is 2.86. The summed E-state index contributed by atoms with van der Waals surface area (Å²) in [7, 11) is 0. The van der Waals surface area contributed by atoms with Crippen LogP contribution in [0.5, 0.6) is 5.75 Å². The van der Waals surface area contributed by atoms with Gasteiger partial charge in [0.1, 0.15) is 11.6 Å². The fraction of sp³-hybridized carbons (Fsp3) is 0.412. The number of nitrogens with zero attached hydrogens (tertiary/aromatic N) is 2. The van der Waals surface area contributed by atoms with Gasteiger partial charge in [-0.2, -0.15) is 0 Å². The number of alkyl halides is 2. The molecule has 0 amide bonds. The quantitative estimate of drug-likeness (QED) is 0.894. The molecule has 1 heterocycles. The summed E-state index contributed by atoms with van der Waals surface area (Å²) in [6.07, 6.45) is 0.432. The standard InChI is InChI=1S/C17H19F2N3O/c1-11-8-15(20-10-12-6-7-17(18,19)9-12)21-22-16(11)13-4-2-3-5-14(13)23/h2-5,8,12,23H,6-7,9-10H2,1H3,(H,20,21)/t12-/m1/s1. The number of rotatable bonds is 4. The number of para-hydroxylation sites is 1. The second-order valence-corrected chi connectivity index (χ2v) is 6.12. The molecule has 2 N–H and O–H groups in total. The summed E-state index contributed by atoms with van der Waals surface area (Å²) in [5.41, 5.74) is 2.10. The summed E-state index contributed by atoms with van der Waals surface area (Å²) in [6.45, 7) is 2.35. The first kappa shape index (κ1) is 15.6. The molecule has 1 aliphatic rings. The lowest BCUT2D eigenvalue weighted by atomic mass is 10.1. The lowest BCUT2D eigenvalue weighted by molar-refractivity contribution is 0.00556. The number of phenolic OH excluding ortho intramolecular Hbond substituents is 1. The SMILES string of the molecule is Cc1cc(NC[C@@H]2CCC(F)(F)C2)nnc1-c1ccccc1O. The van der Waals surface area contributed by atoms with Gasteiger partial charge in [-0.1, -0.05) is 12.1 Å². The van der Waals surface area contributed by atoms with Crippen molar-refractivity contribution in [2.24, 2.45) is 5.92 Å². The topological polar surface area (TPSA) is 58.0 Å². The number of aryl methyl sites for hydroxylation is 1. The average molecular weight is 319 g/mol. The van der Waals surface area contributed by atoms with E-state index in [0.717, 1.165) is 5.56 Å². The van der Waals surface area contributed by atoms with E-state index >= 15 is 0 Å². The summed E-state index contributed by atoms with van der Waals surface area (Å²) < 4.78 is 26.4. The monoisotopic (exact) mass is 319 g/mol. The predicted octanol–water partition coefficient (Wildman–Crippen LogP) is 4.00. The number of aromatic hydroxyl groups is 1. The van der Waals surface area contributed by atoms with Crippen molar-refractivity contribution in [3.8, 4) is 17.0 Å². The van der Waals surface area contributed by atoms with Gasteiger partial charge in [0, 0.05) is 24.9 Å². The van der Waals surface area contributed by atoms with Gasteiger partial charge in [0.05, 0.1) is 5.69 Å². The molecule has 1 saturated carbocycles. The van der Waals surface area contributed by atoms with Gasteiger partial charge in [-0.15, -0.1) is 10.2 Å².